The van der Waals surface area contributed by atoms with Crippen molar-refractivity contribution in [3.63, 3.8) is 0 Å². The molecule has 1 aliphatic rings. The van der Waals surface area contributed by atoms with Crippen molar-refractivity contribution in [2.24, 2.45) is 0 Å². The van der Waals surface area contributed by atoms with Crippen LogP contribution in [0.4, 0.5) is 0 Å². The van der Waals surface area contributed by atoms with Crippen LogP contribution in [0.3, 0.4) is 0 Å². The van der Waals surface area contributed by atoms with Crippen molar-refractivity contribution >= 4 is 23.2 Å². The van der Waals surface area contributed by atoms with Gasteiger partial charge in [-0.1, -0.05) is 18.2 Å². The number of thiocarbonyl (C=S) groups is 1. The lowest BCUT2D eigenvalue weighted by Crippen LogP contribution is -2.49. The van der Waals surface area contributed by atoms with Gasteiger partial charge in [-0.05, 0) is 37.7 Å². The van der Waals surface area contributed by atoms with E-state index in [1.54, 1.807) is 24.1 Å². The molecule has 0 atom stereocenters. The molecule has 1 amide bonds. The number of aryl methyl sites for hydroxylation is 1. The Morgan fingerprint density at radius 2 is 1.96 bits per heavy atom. The Labute approximate surface area is 157 Å². The van der Waals surface area contributed by atoms with Crippen LogP contribution in [-0.4, -0.2) is 69.4 Å². The predicted molar refractivity (Wildman–Crippen MR) is 101 cm³/mol. The summed E-state index contributed by atoms with van der Waals surface area (Å²) in [5.74, 6) is -0.196. The van der Waals surface area contributed by atoms with Gasteiger partial charge in [-0.25, -0.2) is 5.01 Å². The van der Waals surface area contributed by atoms with Crippen molar-refractivity contribution in [3.8, 4) is 5.69 Å². The third-order valence-corrected chi connectivity index (χ3v) is 4.41. The molecule has 1 aliphatic heterocycles. The van der Waals surface area contributed by atoms with Gasteiger partial charge in [-0.15, -0.1) is 5.10 Å². The zero-order chi connectivity index (χ0) is 18.5. The summed E-state index contributed by atoms with van der Waals surface area (Å²) >= 11 is 5.41. The number of para-hydroxylation sites is 1. The number of nitrogens with one attached hydrogen (secondary N) is 1. The Morgan fingerprint density at radius 3 is 2.69 bits per heavy atom. The number of hydrazine groups is 1. The molecule has 0 aliphatic carbocycles. The first-order valence-electron chi connectivity index (χ1n) is 8.47. The highest BCUT2D eigenvalue weighted by atomic mass is 32.1. The van der Waals surface area contributed by atoms with Gasteiger partial charge >= 0.3 is 0 Å². The highest BCUT2D eigenvalue weighted by Crippen LogP contribution is 2.17. The van der Waals surface area contributed by atoms with E-state index in [4.69, 9.17) is 17.0 Å². The van der Waals surface area contributed by atoms with Crippen LogP contribution >= 0.6 is 12.2 Å². The van der Waals surface area contributed by atoms with E-state index in [-0.39, 0.29) is 5.91 Å². The largest absolute Gasteiger partial charge is 0.383 e. The average Bonchev–Trinajstić information content (AvgIpc) is 3.29. The van der Waals surface area contributed by atoms with Crippen LogP contribution in [0, 0.1) is 6.92 Å². The summed E-state index contributed by atoms with van der Waals surface area (Å²) in [7, 11) is 1.63. The molecule has 0 bridgehead atoms. The summed E-state index contributed by atoms with van der Waals surface area (Å²) in [6, 6.07) is 9.52. The number of hydrogen-bond donors (Lipinski definition) is 1. The highest BCUT2D eigenvalue weighted by Gasteiger charge is 2.32. The summed E-state index contributed by atoms with van der Waals surface area (Å²) < 4.78 is 5.02. The van der Waals surface area contributed by atoms with Crippen molar-refractivity contribution in [2.75, 3.05) is 33.4 Å². The topological polar surface area (TPSA) is 75.5 Å². The molecule has 26 heavy (non-hydrogen) atoms. The number of ether oxygens (including phenoxy) is 1. The molecule has 0 saturated carbocycles. The average molecular weight is 374 g/mol. The van der Waals surface area contributed by atoms with E-state index in [1.807, 2.05) is 30.3 Å². The van der Waals surface area contributed by atoms with E-state index in [9.17, 15) is 4.79 Å². The zero-order valence-corrected chi connectivity index (χ0v) is 15.7. The van der Waals surface area contributed by atoms with Crippen LogP contribution in [0.15, 0.2) is 30.3 Å². The second-order valence-electron chi connectivity index (χ2n) is 5.89. The molecule has 3 rings (SSSR count). The molecule has 2 aromatic rings. The van der Waals surface area contributed by atoms with Gasteiger partial charge in [0.25, 0.3) is 5.91 Å². The van der Waals surface area contributed by atoms with Crippen molar-refractivity contribution in [2.45, 2.75) is 13.3 Å². The molecule has 1 N–H and O–H groups in total. The summed E-state index contributed by atoms with van der Waals surface area (Å²) in [6.45, 7) is 4.22. The Balaban J connectivity index is 1.76. The van der Waals surface area contributed by atoms with Gasteiger partial charge in [0, 0.05) is 26.7 Å². The first kappa shape index (κ1) is 18.3. The number of amides is 1. The molecule has 1 aromatic heterocycles. The Morgan fingerprint density at radius 1 is 1.23 bits per heavy atom. The fourth-order valence-electron chi connectivity index (χ4n) is 2.76. The van der Waals surface area contributed by atoms with Crippen LogP contribution in [0.25, 0.3) is 5.69 Å². The van der Waals surface area contributed by atoms with Crippen LogP contribution in [0.5, 0.6) is 0 Å². The monoisotopic (exact) mass is 374 g/mol. The molecule has 8 nitrogen and oxygen atoms in total. The fourth-order valence-corrected chi connectivity index (χ4v) is 3.05. The van der Waals surface area contributed by atoms with Gasteiger partial charge in [-0.3, -0.25) is 9.80 Å². The molecule has 0 unspecified atom stereocenters. The number of hydrogen-bond acceptors (Lipinski definition) is 5. The molecule has 0 spiro atoms. The summed E-state index contributed by atoms with van der Waals surface area (Å²) in [4.78, 5) is 14.5. The van der Waals surface area contributed by atoms with Crippen molar-refractivity contribution < 1.29 is 9.53 Å². The smallest absolute Gasteiger partial charge is 0.294 e. The lowest BCUT2D eigenvalue weighted by molar-refractivity contribution is 0.0483. The normalized spacial score (nSPS) is 13.9. The molecule has 138 valence electrons. The van der Waals surface area contributed by atoms with Gasteiger partial charge < -0.3 is 10.1 Å². The van der Waals surface area contributed by atoms with E-state index in [1.165, 1.54) is 4.80 Å². The second-order valence-corrected chi connectivity index (χ2v) is 6.28. The minimum atomic E-state index is -0.196. The first-order chi connectivity index (χ1) is 12.6. The first-order valence-corrected chi connectivity index (χ1v) is 8.88. The summed E-state index contributed by atoms with van der Waals surface area (Å²) in [5, 5.41) is 15.8. The minimum Gasteiger partial charge on any atom is -0.383 e. The van der Waals surface area contributed by atoms with Crippen LogP contribution < -0.4 is 5.32 Å². The molecule has 2 heterocycles. The number of methoxy groups -OCH3 is 1. The highest BCUT2D eigenvalue weighted by molar-refractivity contribution is 7.80. The molecular weight excluding hydrogens is 352 g/mol. The van der Waals surface area contributed by atoms with E-state index in [0.717, 1.165) is 12.1 Å². The van der Waals surface area contributed by atoms with Crippen molar-refractivity contribution in [3.05, 3.63) is 41.7 Å². The van der Waals surface area contributed by atoms with Gasteiger partial charge in [0.2, 0.25) is 0 Å². The maximum Gasteiger partial charge on any atom is 0.294 e. The third-order valence-electron chi connectivity index (χ3n) is 4.05. The lowest BCUT2D eigenvalue weighted by atomic mass is 10.3. The number of aromatic nitrogens is 3. The third kappa shape index (κ3) is 3.83. The Bertz CT molecular complexity index is 779. The molecular formula is C17H22N6O2S. The number of rotatable bonds is 5. The lowest BCUT2D eigenvalue weighted by Gasteiger charge is -2.29. The quantitative estimate of drug-likeness (QED) is 0.622. The fraction of sp³-hybridized carbons (Fsp3) is 0.412. The molecule has 1 saturated heterocycles. The van der Waals surface area contributed by atoms with Crippen molar-refractivity contribution in [1.29, 1.82) is 0 Å². The van der Waals surface area contributed by atoms with Crippen LogP contribution in [0.2, 0.25) is 0 Å². The standard InChI is InChI=1S/C17H22N6O2S/c1-13-15(20-23(19-13)14-7-4-3-5-8-14)16(24)21-10-6-11-22(21)17(26)18-9-12-25-2/h3-5,7-8H,6,9-12H2,1-2H3,(H,18,26). The van der Waals surface area contributed by atoms with E-state index in [0.29, 0.717) is 42.7 Å². The van der Waals surface area contributed by atoms with Gasteiger partial charge in [-0.2, -0.15) is 9.90 Å². The number of carbonyl (C=O) groups excluding carboxylic acids is 1. The SMILES string of the molecule is COCCNC(=S)N1CCCN1C(=O)c1nn(-c2ccccc2)nc1C. The minimum absolute atomic E-state index is 0.196. The van der Waals surface area contributed by atoms with Gasteiger partial charge in [0.15, 0.2) is 10.8 Å². The van der Waals surface area contributed by atoms with E-state index < -0.39 is 0 Å². The zero-order valence-electron chi connectivity index (χ0n) is 14.9. The Hall–Kier alpha value is -2.52. The number of nitrogens with zero attached hydrogens (tertiary/aromatic N) is 5. The predicted octanol–water partition coefficient (Wildman–Crippen LogP) is 1.16. The molecule has 9 heteroatoms. The summed E-state index contributed by atoms with van der Waals surface area (Å²) in [6.07, 6.45) is 0.851. The van der Waals surface area contributed by atoms with Gasteiger partial charge in [0.05, 0.1) is 18.0 Å². The Kier molecular flexibility index (Phi) is 5.79. The molecule has 0 radical (unpaired) electrons. The van der Waals surface area contributed by atoms with E-state index in [2.05, 4.69) is 15.5 Å². The summed E-state index contributed by atoms with van der Waals surface area (Å²) in [5.41, 5.74) is 1.73. The number of benzene rings is 1. The van der Waals surface area contributed by atoms with Crippen molar-refractivity contribution in [1.82, 2.24) is 30.3 Å². The number of carbonyl (C=O) groups is 1. The molecule has 1 aromatic carbocycles. The van der Waals surface area contributed by atoms with Crippen LogP contribution in [-0.2, 0) is 4.74 Å². The molecule has 1 fully saturated rings. The van der Waals surface area contributed by atoms with Crippen LogP contribution in [0.1, 0.15) is 22.6 Å². The maximum atomic E-state index is 13.0. The second kappa shape index (κ2) is 8.24. The van der Waals surface area contributed by atoms with Gasteiger partial charge in [0.1, 0.15) is 0 Å². The van der Waals surface area contributed by atoms with E-state index >= 15 is 0 Å². The maximum absolute atomic E-state index is 13.0.